The minimum absolute atomic E-state index is 0.101. The highest BCUT2D eigenvalue weighted by Gasteiger charge is 2.32. The van der Waals surface area contributed by atoms with Crippen LogP contribution in [-0.4, -0.2) is 64.7 Å². The van der Waals surface area contributed by atoms with E-state index in [2.05, 4.69) is 4.98 Å². The molecule has 7 nitrogen and oxygen atoms in total. The topological polar surface area (TPSA) is 83.0 Å². The van der Waals surface area contributed by atoms with Crippen LogP contribution in [0, 0.1) is 0 Å². The lowest BCUT2D eigenvalue weighted by molar-refractivity contribution is 0.00574. The molecule has 7 heteroatoms. The minimum atomic E-state index is -0.420. The summed E-state index contributed by atoms with van der Waals surface area (Å²) in [4.78, 5) is 31.3. The van der Waals surface area contributed by atoms with Gasteiger partial charge in [0.2, 0.25) is 0 Å². The fourth-order valence-electron chi connectivity index (χ4n) is 2.75. The number of ether oxygens (including phenoxy) is 1. The van der Waals surface area contributed by atoms with E-state index >= 15 is 0 Å². The average Bonchev–Trinajstić information content (AvgIpc) is 2.49. The molecule has 1 N–H and O–H groups in total. The van der Waals surface area contributed by atoms with E-state index in [1.54, 1.807) is 22.2 Å². The zero-order valence-electron chi connectivity index (χ0n) is 11.8. The lowest BCUT2D eigenvalue weighted by Crippen LogP contribution is -2.53. The molecule has 0 aliphatic carbocycles. The number of carbonyl (C=O) groups excluding carboxylic acids is 2. The number of rotatable bonds is 1. The van der Waals surface area contributed by atoms with Crippen molar-refractivity contribution < 1.29 is 19.4 Å². The SMILES string of the molecule is COC(=O)N1CCc2c(cncc2C(=O)N2CC(O)C2)C1. The van der Waals surface area contributed by atoms with Crippen molar-refractivity contribution >= 4 is 12.0 Å². The zero-order valence-corrected chi connectivity index (χ0v) is 11.8. The van der Waals surface area contributed by atoms with Crippen molar-refractivity contribution in [2.24, 2.45) is 0 Å². The highest BCUT2D eigenvalue weighted by atomic mass is 16.5. The Balaban J connectivity index is 1.82. The van der Waals surface area contributed by atoms with E-state index in [0.717, 1.165) is 11.1 Å². The average molecular weight is 291 g/mol. The third kappa shape index (κ3) is 2.44. The molecule has 0 aromatic carbocycles. The van der Waals surface area contributed by atoms with Crippen molar-refractivity contribution in [1.29, 1.82) is 0 Å². The van der Waals surface area contributed by atoms with Crippen molar-refractivity contribution in [3.05, 3.63) is 29.1 Å². The molecule has 3 rings (SSSR count). The van der Waals surface area contributed by atoms with Crippen LogP contribution in [0.25, 0.3) is 0 Å². The number of likely N-dealkylation sites (tertiary alicyclic amines) is 1. The highest BCUT2D eigenvalue weighted by molar-refractivity contribution is 5.96. The van der Waals surface area contributed by atoms with Crippen LogP contribution >= 0.6 is 0 Å². The molecule has 0 unspecified atom stereocenters. The van der Waals surface area contributed by atoms with Crippen molar-refractivity contribution in [1.82, 2.24) is 14.8 Å². The quantitative estimate of drug-likeness (QED) is 0.789. The Morgan fingerprint density at radius 1 is 1.33 bits per heavy atom. The van der Waals surface area contributed by atoms with Gasteiger partial charge in [-0.25, -0.2) is 4.79 Å². The summed E-state index contributed by atoms with van der Waals surface area (Å²) in [5.74, 6) is -0.101. The molecule has 0 atom stereocenters. The van der Waals surface area contributed by atoms with Crippen LogP contribution in [-0.2, 0) is 17.7 Å². The third-order valence-electron chi connectivity index (χ3n) is 3.95. The van der Waals surface area contributed by atoms with Crippen LogP contribution < -0.4 is 0 Å². The number of aliphatic hydroxyl groups is 1. The molecule has 0 bridgehead atoms. The van der Waals surface area contributed by atoms with Gasteiger partial charge < -0.3 is 19.6 Å². The molecule has 2 aliphatic heterocycles. The molecule has 1 fully saturated rings. The van der Waals surface area contributed by atoms with Crippen LogP contribution in [0.15, 0.2) is 12.4 Å². The van der Waals surface area contributed by atoms with E-state index in [-0.39, 0.29) is 12.0 Å². The summed E-state index contributed by atoms with van der Waals surface area (Å²) in [6, 6.07) is 0. The first kappa shape index (κ1) is 13.8. The molecule has 0 saturated carbocycles. The van der Waals surface area contributed by atoms with Gasteiger partial charge in [0, 0.05) is 32.0 Å². The summed E-state index contributed by atoms with van der Waals surface area (Å²) < 4.78 is 4.72. The Bertz CT molecular complexity index is 584. The van der Waals surface area contributed by atoms with Crippen molar-refractivity contribution in [3.63, 3.8) is 0 Å². The molecule has 1 aromatic heterocycles. The maximum Gasteiger partial charge on any atom is 0.409 e. The maximum atomic E-state index is 12.4. The number of hydrogen-bond donors (Lipinski definition) is 1. The molecule has 3 heterocycles. The van der Waals surface area contributed by atoms with E-state index < -0.39 is 6.10 Å². The molecule has 112 valence electrons. The first-order valence-corrected chi connectivity index (χ1v) is 6.86. The monoisotopic (exact) mass is 291 g/mol. The van der Waals surface area contributed by atoms with Crippen molar-refractivity contribution in [2.45, 2.75) is 19.1 Å². The summed E-state index contributed by atoms with van der Waals surface area (Å²) in [5.41, 5.74) is 2.39. The largest absolute Gasteiger partial charge is 0.453 e. The summed E-state index contributed by atoms with van der Waals surface area (Å²) >= 11 is 0. The number of fused-ring (bicyclic) bond motifs is 1. The van der Waals surface area contributed by atoms with E-state index in [1.807, 2.05) is 0 Å². The first-order chi connectivity index (χ1) is 10.1. The molecule has 0 radical (unpaired) electrons. The Hall–Kier alpha value is -2.15. The number of methoxy groups -OCH3 is 1. The highest BCUT2D eigenvalue weighted by Crippen LogP contribution is 2.24. The van der Waals surface area contributed by atoms with E-state index in [0.29, 0.717) is 38.2 Å². The van der Waals surface area contributed by atoms with Crippen LogP contribution in [0.5, 0.6) is 0 Å². The number of hydrogen-bond acceptors (Lipinski definition) is 5. The standard InChI is InChI=1S/C14H17N3O4/c1-21-14(20)16-3-2-11-9(6-16)4-15-5-12(11)13(19)17-7-10(18)8-17/h4-5,10,18H,2-3,6-8H2,1H3. The second-order valence-electron chi connectivity index (χ2n) is 5.33. The van der Waals surface area contributed by atoms with Gasteiger partial charge in [-0.15, -0.1) is 0 Å². The fraction of sp³-hybridized carbons (Fsp3) is 0.500. The van der Waals surface area contributed by atoms with Gasteiger partial charge >= 0.3 is 6.09 Å². The van der Waals surface area contributed by atoms with Crippen LogP contribution in [0.3, 0.4) is 0 Å². The summed E-state index contributed by atoms with van der Waals surface area (Å²) in [7, 11) is 1.35. The molecule has 1 saturated heterocycles. The first-order valence-electron chi connectivity index (χ1n) is 6.86. The Morgan fingerprint density at radius 2 is 2.10 bits per heavy atom. The van der Waals surface area contributed by atoms with Crippen LogP contribution in [0.1, 0.15) is 21.5 Å². The van der Waals surface area contributed by atoms with Gasteiger partial charge in [-0.2, -0.15) is 0 Å². The number of aliphatic hydroxyl groups excluding tert-OH is 1. The van der Waals surface area contributed by atoms with Crippen molar-refractivity contribution in [3.8, 4) is 0 Å². The molecular formula is C14H17N3O4. The number of β-amino-alcohol motifs (C(OH)–C–C–N with tert-alkyl or cyclic N) is 1. The zero-order chi connectivity index (χ0) is 15.0. The normalized spacial score (nSPS) is 18.0. The Morgan fingerprint density at radius 3 is 2.76 bits per heavy atom. The smallest absolute Gasteiger partial charge is 0.409 e. The minimum Gasteiger partial charge on any atom is -0.453 e. The number of carbonyl (C=O) groups is 2. The second kappa shape index (κ2) is 5.33. The fourth-order valence-corrected chi connectivity index (χ4v) is 2.75. The third-order valence-corrected chi connectivity index (χ3v) is 3.95. The number of nitrogens with zero attached hydrogens (tertiary/aromatic N) is 3. The van der Waals surface area contributed by atoms with Gasteiger partial charge in [0.05, 0.1) is 25.3 Å². The lowest BCUT2D eigenvalue weighted by atomic mass is 9.96. The van der Waals surface area contributed by atoms with Gasteiger partial charge in [0.1, 0.15) is 0 Å². The number of amides is 2. The molecule has 1 aromatic rings. The molecule has 0 spiro atoms. The molecule has 2 amide bonds. The molecule has 2 aliphatic rings. The van der Waals surface area contributed by atoms with E-state index in [9.17, 15) is 14.7 Å². The predicted octanol–water partition coefficient (Wildman–Crippen LogP) is 0.0228. The van der Waals surface area contributed by atoms with Crippen LogP contribution in [0.2, 0.25) is 0 Å². The maximum absolute atomic E-state index is 12.4. The van der Waals surface area contributed by atoms with E-state index in [4.69, 9.17) is 4.74 Å². The van der Waals surface area contributed by atoms with Crippen molar-refractivity contribution in [2.75, 3.05) is 26.7 Å². The Kier molecular flexibility index (Phi) is 3.50. The molecular weight excluding hydrogens is 274 g/mol. The lowest BCUT2D eigenvalue weighted by Gasteiger charge is -2.37. The molecule has 21 heavy (non-hydrogen) atoms. The summed E-state index contributed by atoms with van der Waals surface area (Å²) in [6.07, 6.45) is 3.07. The van der Waals surface area contributed by atoms with Gasteiger partial charge in [-0.3, -0.25) is 9.78 Å². The van der Waals surface area contributed by atoms with Gasteiger partial charge in [0.25, 0.3) is 5.91 Å². The summed E-state index contributed by atoms with van der Waals surface area (Å²) in [6.45, 7) is 1.67. The van der Waals surface area contributed by atoms with E-state index in [1.165, 1.54) is 7.11 Å². The van der Waals surface area contributed by atoms with Gasteiger partial charge in [-0.05, 0) is 17.5 Å². The predicted molar refractivity (Wildman–Crippen MR) is 72.7 cm³/mol. The Labute approximate surface area is 122 Å². The second-order valence-corrected chi connectivity index (χ2v) is 5.33. The van der Waals surface area contributed by atoms with Crippen LogP contribution in [0.4, 0.5) is 4.79 Å². The number of pyridine rings is 1. The van der Waals surface area contributed by atoms with Gasteiger partial charge in [-0.1, -0.05) is 0 Å². The summed E-state index contributed by atoms with van der Waals surface area (Å²) in [5, 5.41) is 9.31. The number of aromatic nitrogens is 1. The van der Waals surface area contributed by atoms with Gasteiger partial charge in [0.15, 0.2) is 0 Å².